The molecule has 0 atom stereocenters. The SMILES string of the molecule is COc1ccc(CNC(=O)CSc2nnc(N/N=C(\C)c3ccc4c(c3)OCO4)n2N)cc1. The molecule has 0 saturated heterocycles. The van der Waals surface area contributed by atoms with E-state index in [9.17, 15) is 4.79 Å². The van der Waals surface area contributed by atoms with Gasteiger partial charge >= 0.3 is 0 Å². The molecule has 3 aromatic rings. The van der Waals surface area contributed by atoms with Crippen LogP contribution in [0.15, 0.2) is 52.7 Å². The van der Waals surface area contributed by atoms with Crippen molar-refractivity contribution in [2.24, 2.45) is 5.10 Å². The zero-order valence-electron chi connectivity index (χ0n) is 18.1. The summed E-state index contributed by atoms with van der Waals surface area (Å²) in [6, 6.07) is 13.0. The van der Waals surface area contributed by atoms with Gasteiger partial charge < -0.3 is 25.4 Å². The Labute approximate surface area is 194 Å². The molecule has 1 aromatic heterocycles. The molecule has 0 unspecified atom stereocenters. The number of benzene rings is 2. The van der Waals surface area contributed by atoms with Gasteiger partial charge in [0.15, 0.2) is 11.5 Å². The van der Waals surface area contributed by atoms with Crippen LogP contribution in [0.25, 0.3) is 0 Å². The summed E-state index contributed by atoms with van der Waals surface area (Å²) in [4.78, 5) is 12.2. The normalized spacial score (nSPS) is 12.5. The fraction of sp³-hybridized carbons (Fsp3) is 0.238. The summed E-state index contributed by atoms with van der Waals surface area (Å²) in [6.07, 6.45) is 0. The van der Waals surface area contributed by atoms with Gasteiger partial charge in [0, 0.05) is 12.1 Å². The van der Waals surface area contributed by atoms with Gasteiger partial charge in [0.25, 0.3) is 5.95 Å². The third-order valence-corrected chi connectivity index (χ3v) is 5.70. The van der Waals surface area contributed by atoms with Crippen molar-refractivity contribution >= 4 is 29.3 Å². The predicted octanol–water partition coefficient (Wildman–Crippen LogP) is 1.97. The minimum absolute atomic E-state index is 0.144. The summed E-state index contributed by atoms with van der Waals surface area (Å²) >= 11 is 1.17. The quantitative estimate of drug-likeness (QED) is 0.186. The number of aromatic nitrogens is 3. The maximum Gasteiger partial charge on any atom is 0.264 e. The fourth-order valence-electron chi connectivity index (χ4n) is 2.90. The second kappa shape index (κ2) is 10.1. The van der Waals surface area contributed by atoms with Crippen molar-refractivity contribution in [2.45, 2.75) is 18.6 Å². The lowest BCUT2D eigenvalue weighted by molar-refractivity contribution is -0.118. The number of hydrogen-bond acceptors (Lipinski definition) is 10. The molecule has 0 fully saturated rings. The highest BCUT2D eigenvalue weighted by molar-refractivity contribution is 7.99. The van der Waals surface area contributed by atoms with Gasteiger partial charge in [0.2, 0.25) is 17.9 Å². The minimum atomic E-state index is -0.148. The minimum Gasteiger partial charge on any atom is -0.497 e. The summed E-state index contributed by atoms with van der Waals surface area (Å²) in [7, 11) is 1.61. The molecule has 0 aliphatic carbocycles. The van der Waals surface area contributed by atoms with E-state index in [0.717, 1.165) is 16.9 Å². The number of fused-ring (bicyclic) bond motifs is 1. The number of methoxy groups -OCH3 is 1. The van der Waals surface area contributed by atoms with Crippen molar-refractivity contribution in [1.29, 1.82) is 0 Å². The highest BCUT2D eigenvalue weighted by Crippen LogP contribution is 2.32. The second-order valence-electron chi connectivity index (χ2n) is 6.97. The number of nitrogens with two attached hydrogens (primary N) is 1. The van der Waals surface area contributed by atoms with E-state index in [4.69, 9.17) is 20.1 Å². The first-order chi connectivity index (χ1) is 16.0. The Morgan fingerprint density at radius 3 is 2.79 bits per heavy atom. The number of nitrogens with zero attached hydrogens (tertiary/aromatic N) is 4. The summed E-state index contributed by atoms with van der Waals surface area (Å²) in [5, 5.41) is 15.5. The first-order valence-electron chi connectivity index (χ1n) is 9.96. The molecular weight excluding hydrogens is 446 g/mol. The highest BCUT2D eigenvalue weighted by atomic mass is 32.2. The first kappa shape index (κ1) is 22.3. The number of hydrazone groups is 1. The number of amides is 1. The average molecular weight is 470 g/mol. The van der Waals surface area contributed by atoms with E-state index >= 15 is 0 Å². The van der Waals surface area contributed by atoms with Crippen LogP contribution in [0.1, 0.15) is 18.1 Å². The van der Waals surface area contributed by atoms with Crippen molar-refractivity contribution in [3.63, 3.8) is 0 Å². The molecule has 2 heterocycles. The van der Waals surface area contributed by atoms with Gasteiger partial charge in [-0.05, 0) is 42.8 Å². The van der Waals surface area contributed by atoms with Crippen LogP contribution in [-0.2, 0) is 11.3 Å². The number of hydrogen-bond donors (Lipinski definition) is 3. The summed E-state index contributed by atoms with van der Waals surface area (Å²) in [5.74, 6) is 8.43. The molecule has 1 aliphatic rings. The number of thioether (sulfide) groups is 1. The lowest BCUT2D eigenvalue weighted by Gasteiger charge is -2.07. The molecule has 33 heavy (non-hydrogen) atoms. The molecule has 12 heteroatoms. The van der Waals surface area contributed by atoms with E-state index in [1.807, 2.05) is 49.4 Å². The van der Waals surface area contributed by atoms with Gasteiger partial charge in [0.1, 0.15) is 5.75 Å². The maximum atomic E-state index is 12.2. The number of nitrogen functional groups attached to an aromatic ring is 1. The Morgan fingerprint density at radius 2 is 2.00 bits per heavy atom. The number of ether oxygens (including phenoxy) is 3. The Morgan fingerprint density at radius 1 is 1.21 bits per heavy atom. The standard InChI is InChI=1S/C21H23N7O4S/c1-13(15-5-8-17-18(9-15)32-12-31-17)24-25-20-26-27-21(28(20)22)33-11-19(29)23-10-14-3-6-16(30-2)7-4-14/h3-9H,10-12,22H2,1-2H3,(H,23,29)(H,25,26)/b24-13+. The Balaban J connectivity index is 1.28. The van der Waals surface area contributed by atoms with Crippen LogP contribution < -0.4 is 30.8 Å². The van der Waals surface area contributed by atoms with Crippen molar-refractivity contribution in [3.8, 4) is 17.2 Å². The summed E-state index contributed by atoms with van der Waals surface area (Å²) in [6.45, 7) is 2.47. The molecule has 0 spiro atoms. The molecule has 0 bridgehead atoms. The second-order valence-corrected chi connectivity index (χ2v) is 7.91. The number of rotatable bonds is 9. The topological polar surface area (TPSA) is 138 Å². The monoisotopic (exact) mass is 469 g/mol. The number of anilines is 1. The molecule has 4 rings (SSSR count). The number of carbonyl (C=O) groups is 1. The summed E-state index contributed by atoms with van der Waals surface area (Å²) < 4.78 is 17.1. The van der Waals surface area contributed by atoms with Gasteiger partial charge in [-0.25, -0.2) is 10.1 Å². The van der Waals surface area contributed by atoms with Crippen molar-refractivity contribution in [1.82, 2.24) is 20.2 Å². The van der Waals surface area contributed by atoms with E-state index in [-0.39, 0.29) is 24.4 Å². The van der Waals surface area contributed by atoms with E-state index < -0.39 is 0 Å². The fourth-order valence-corrected chi connectivity index (χ4v) is 3.58. The van der Waals surface area contributed by atoms with Gasteiger partial charge in [-0.2, -0.15) is 5.10 Å². The van der Waals surface area contributed by atoms with Crippen LogP contribution in [0.3, 0.4) is 0 Å². The number of carbonyl (C=O) groups excluding carboxylic acids is 1. The summed E-state index contributed by atoms with van der Waals surface area (Å²) in [5.41, 5.74) is 5.33. The van der Waals surface area contributed by atoms with Crippen molar-refractivity contribution in [2.75, 3.05) is 30.9 Å². The van der Waals surface area contributed by atoms with Gasteiger partial charge in [-0.15, -0.1) is 10.2 Å². The van der Waals surface area contributed by atoms with Crippen LogP contribution in [0.5, 0.6) is 17.2 Å². The zero-order chi connectivity index (χ0) is 23.2. The molecule has 1 aliphatic heterocycles. The maximum absolute atomic E-state index is 12.2. The smallest absolute Gasteiger partial charge is 0.264 e. The van der Waals surface area contributed by atoms with Crippen LogP contribution in [0.4, 0.5) is 5.95 Å². The van der Waals surface area contributed by atoms with Gasteiger partial charge in [0.05, 0.1) is 18.6 Å². The predicted molar refractivity (Wildman–Crippen MR) is 124 cm³/mol. The van der Waals surface area contributed by atoms with Crippen molar-refractivity contribution < 1.29 is 19.0 Å². The molecular formula is C21H23N7O4S. The van der Waals surface area contributed by atoms with E-state index in [1.54, 1.807) is 7.11 Å². The lowest BCUT2D eigenvalue weighted by atomic mass is 10.1. The Kier molecular flexibility index (Phi) is 6.83. The average Bonchev–Trinajstić information content (AvgIpc) is 3.45. The van der Waals surface area contributed by atoms with E-state index in [2.05, 4.69) is 26.0 Å². The first-order valence-corrected chi connectivity index (χ1v) is 11.0. The van der Waals surface area contributed by atoms with Crippen molar-refractivity contribution in [3.05, 3.63) is 53.6 Å². The van der Waals surface area contributed by atoms with Gasteiger partial charge in [-0.1, -0.05) is 23.9 Å². The molecule has 0 saturated carbocycles. The Hall–Kier alpha value is -3.93. The molecule has 1 amide bonds. The van der Waals surface area contributed by atoms with E-state index in [1.165, 1.54) is 16.4 Å². The molecule has 172 valence electrons. The van der Waals surface area contributed by atoms with Crippen LogP contribution in [0, 0.1) is 0 Å². The largest absolute Gasteiger partial charge is 0.497 e. The molecule has 0 radical (unpaired) electrons. The van der Waals surface area contributed by atoms with Crippen LogP contribution in [-0.4, -0.2) is 46.1 Å². The third kappa shape index (κ3) is 5.47. The molecule has 4 N–H and O–H groups in total. The number of nitrogens with one attached hydrogen (secondary N) is 2. The van der Waals surface area contributed by atoms with Crippen LogP contribution in [0.2, 0.25) is 0 Å². The Bertz CT molecular complexity index is 1160. The highest BCUT2D eigenvalue weighted by Gasteiger charge is 2.15. The third-order valence-electron chi connectivity index (χ3n) is 4.76. The molecule has 11 nitrogen and oxygen atoms in total. The lowest BCUT2D eigenvalue weighted by Crippen LogP contribution is -2.25. The van der Waals surface area contributed by atoms with Crippen LogP contribution >= 0.6 is 11.8 Å². The van der Waals surface area contributed by atoms with Gasteiger partial charge in [-0.3, -0.25) is 4.79 Å². The molecule has 2 aromatic carbocycles. The van der Waals surface area contributed by atoms with E-state index in [0.29, 0.717) is 28.9 Å². The zero-order valence-corrected chi connectivity index (χ0v) is 18.9.